The molecule has 0 spiro atoms. The number of nitrogens with zero attached hydrogens (tertiary/aromatic N) is 1. The van der Waals surface area contributed by atoms with Gasteiger partial charge < -0.3 is 0 Å². The molecular formula is C16H24ClNO2. The lowest BCUT2D eigenvalue weighted by Crippen LogP contribution is -2.40. The van der Waals surface area contributed by atoms with Gasteiger partial charge in [0, 0.05) is 0 Å². The Morgan fingerprint density at radius 3 is 2.50 bits per heavy atom. The molecule has 0 radical (unpaired) electrons. The third-order valence-corrected chi connectivity index (χ3v) is 3.49. The highest BCUT2D eigenvalue weighted by molar-refractivity contribution is 6.21. The minimum atomic E-state index is -0.412. The zero-order chi connectivity index (χ0) is 15.0. The molecule has 0 fully saturated rings. The van der Waals surface area contributed by atoms with E-state index in [1.165, 1.54) is 5.06 Å². The molecule has 20 heavy (non-hydrogen) atoms. The second kappa shape index (κ2) is 8.98. The van der Waals surface area contributed by atoms with Gasteiger partial charge in [0.05, 0.1) is 12.5 Å². The summed E-state index contributed by atoms with van der Waals surface area (Å²) in [6.07, 6.45) is 2.76. The third kappa shape index (κ3) is 5.51. The molecule has 0 saturated heterocycles. The molecule has 2 unspecified atom stereocenters. The van der Waals surface area contributed by atoms with E-state index >= 15 is 0 Å². The minimum Gasteiger partial charge on any atom is -0.272 e. The number of carbonyl (C=O) groups excluding carboxylic acids is 1. The number of hydrogen-bond donors (Lipinski definition) is 0. The van der Waals surface area contributed by atoms with Crippen LogP contribution in [0.1, 0.15) is 45.6 Å². The van der Waals surface area contributed by atoms with E-state index in [1.807, 2.05) is 51.1 Å². The van der Waals surface area contributed by atoms with E-state index in [0.29, 0.717) is 6.42 Å². The van der Waals surface area contributed by atoms with Gasteiger partial charge in [-0.2, -0.15) is 0 Å². The fourth-order valence-electron chi connectivity index (χ4n) is 1.75. The Hall–Kier alpha value is -1.06. The molecule has 0 aromatic heterocycles. The number of benzene rings is 1. The topological polar surface area (TPSA) is 29.5 Å². The molecular weight excluding hydrogens is 274 g/mol. The standard InChI is InChI=1S/C16H24ClNO2/c1-4-9-15(17)18(20-13(3)5-2)16(19)12-14-10-7-6-8-11-14/h6-8,10-11,13,15H,4-5,9,12H2,1-3H3. The summed E-state index contributed by atoms with van der Waals surface area (Å²) in [7, 11) is 0. The Balaban J connectivity index is 2.72. The van der Waals surface area contributed by atoms with Crippen LogP contribution in [-0.4, -0.2) is 22.6 Å². The SMILES string of the molecule is CCCC(Cl)N(OC(C)CC)C(=O)Cc1ccccc1. The zero-order valence-corrected chi connectivity index (χ0v) is 13.3. The molecule has 112 valence electrons. The number of hydrogen-bond acceptors (Lipinski definition) is 2. The van der Waals surface area contributed by atoms with Crippen LogP contribution in [0.15, 0.2) is 30.3 Å². The number of hydroxylamine groups is 2. The van der Waals surface area contributed by atoms with E-state index < -0.39 is 5.50 Å². The van der Waals surface area contributed by atoms with E-state index in [-0.39, 0.29) is 12.0 Å². The average Bonchev–Trinajstić information content (AvgIpc) is 2.45. The van der Waals surface area contributed by atoms with E-state index in [9.17, 15) is 4.79 Å². The number of carbonyl (C=O) groups is 1. The summed E-state index contributed by atoms with van der Waals surface area (Å²) < 4.78 is 0. The van der Waals surface area contributed by atoms with Gasteiger partial charge in [-0.1, -0.05) is 62.2 Å². The highest BCUT2D eigenvalue weighted by Crippen LogP contribution is 2.17. The smallest absolute Gasteiger partial charge is 0.251 e. The predicted octanol–water partition coefficient (Wildman–Crippen LogP) is 4.15. The molecule has 1 rings (SSSR count). The molecule has 0 aliphatic carbocycles. The van der Waals surface area contributed by atoms with Crippen LogP contribution >= 0.6 is 11.6 Å². The lowest BCUT2D eigenvalue weighted by molar-refractivity contribution is -0.209. The van der Waals surface area contributed by atoms with Crippen molar-refractivity contribution in [3.8, 4) is 0 Å². The summed E-state index contributed by atoms with van der Waals surface area (Å²) in [5.74, 6) is -0.0926. The second-order valence-electron chi connectivity index (χ2n) is 4.93. The summed E-state index contributed by atoms with van der Waals surface area (Å²) >= 11 is 6.29. The van der Waals surface area contributed by atoms with Gasteiger partial charge in [-0.15, -0.1) is 0 Å². The summed E-state index contributed by atoms with van der Waals surface area (Å²) in [4.78, 5) is 18.1. The molecule has 1 aromatic carbocycles. The Bertz CT molecular complexity index is 397. The first-order valence-corrected chi connectivity index (χ1v) is 7.68. The molecule has 0 saturated carbocycles. The van der Waals surface area contributed by atoms with Crippen molar-refractivity contribution in [2.75, 3.05) is 0 Å². The van der Waals surface area contributed by atoms with Gasteiger partial charge >= 0.3 is 0 Å². The maximum absolute atomic E-state index is 12.4. The van der Waals surface area contributed by atoms with Crippen molar-refractivity contribution in [3.05, 3.63) is 35.9 Å². The van der Waals surface area contributed by atoms with Crippen LogP contribution in [-0.2, 0) is 16.1 Å². The molecule has 1 aromatic rings. The summed E-state index contributed by atoms with van der Waals surface area (Å²) in [5.41, 5.74) is 0.556. The largest absolute Gasteiger partial charge is 0.272 e. The van der Waals surface area contributed by atoms with Crippen LogP contribution in [0.4, 0.5) is 0 Å². The maximum atomic E-state index is 12.4. The van der Waals surface area contributed by atoms with Crippen molar-refractivity contribution in [1.29, 1.82) is 0 Å². The van der Waals surface area contributed by atoms with Crippen LogP contribution < -0.4 is 0 Å². The van der Waals surface area contributed by atoms with Gasteiger partial charge in [-0.05, 0) is 25.3 Å². The van der Waals surface area contributed by atoms with E-state index in [0.717, 1.165) is 24.8 Å². The Labute approximate surface area is 126 Å². The van der Waals surface area contributed by atoms with Crippen molar-refractivity contribution in [3.63, 3.8) is 0 Å². The maximum Gasteiger partial charge on any atom is 0.251 e. The third-order valence-electron chi connectivity index (χ3n) is 3.09. The monoisotopic (exact) mass is 297 g/mol. The quantitative estimate of drug-likeness (QED) is 0.410. The van der Waals surface area contributed by atoms with E-state index in [4.69, 9.17) is 16.4 Å². The molecule has 3 nitrogen and oxygen atoms in total. The van der Waals surface area contributed by atoms with E-state index in [1.54, 1.807) is 0 Å². The van der Waals surface area contributed by atoms with Crippen molar-refractivity contribution in [2.45, 2.75) is 58.1 Å². The lowest BCUT2D eigenvalue weighted by Gasteiger charge is -2.29. The molecule has 0 N–H and O–H groups in total. The summed E-state index contributed by atoms with van der Waals surface area (Å²) in [5, 5.41) is 1.35. The first-order chi connectivity index (χ1) is 9.58. The predicted molar refractivity (Wildman–Crippen MR) is 82.4 cm³/mol. The fraction of sp³-hybridized carbons (Fsp3) is 0.562. The number of rotatable bonds is 8. The van der Waals surface area contributed by atoms with Crippen LogP contribution in [0.3, 0.4) is 0 Å². The van der Waals surface area contributed by atoms with Crippen LogP contribution in [0.5, 0.6) is 0 Å². The first kappa shape index (κ1) is 17.0. The average molecular weight is 298 g/mol. The van der Waals surface area contributed by atoms with Crippen LogP contribution in [0, 0.1) is 0 Å². The molecule has 0 aliphatic heterocycles. The molecule has 2 atom stereocenters. The number of amides is 1. The minimum absolute atomic E-state index is 0.0205. The van der Waals surface area contributed by atoms with Gasteiger partial charge in [0.2, 0.25) is 0 Å². The molecule has 1 amide bonds. The Morgan fingerprint density at radius 2 is 1.95 bits per heavy atom. The molecule has 0 bridgehead atoms. The van der Waals surface area contributed by atoms with Gasteiger partial charge in [0.25, 0.3) is 5.91 Å². The number of alkyl halides is 1. The highest BCUT2D eigenvalue weighted by atomic mass is 35.5. The lowest BCUT2D eigenvalue weighted by atomic mass is 10.1. The van der Waals surface area contributed by atoms with Gasteiger partial charge in [-0.25, -0.2) is 5.06 Å². The fourth-order valence-corrected chi connectivity index (χ4v) is 2.13. The molecule has 0 aliphatic rings. The first-order valence-electron chi connectivity index (χ1n) is 7.25. The normalized spacial score (nSPS) is 13.8. The van der Waals surface area contributed by atoms with Crippen molar-refractivity contribution < 1.29 is 9.63 Å². The molecule has 0 heterocycles. The van der Waals surface area contributed by atoms with Crippen molar-refractivity contribution >= 4 is 17.5 Å². The molecule has 4 heteroatoms. The summed E-state index contributed by atoms with van der Waals surface area (Å²) in [6.45, 7) is 6.00. The van der Waals surface area contributed by atoms with Crippen molar-refractivity contribution in [2.24, 2.45) is 0 Å². The van der Waals surface area contributed by atoms with Gasteiger partial charge in [-0.3, -0.25) is 9.63 Å². The Morgan fingerprint density at radius 1 is 1.30 bits per heavy atom. The van der Waals surface area contributed by atoms with E-state index in [2.05, 4.69) is 0 Å². The highest BCUT2D eigenvalue weighted by Gasteiger charge is 2.24. The van der Waals surface area contributed by atoms with Crippen molar-refractivity contribution in [1.82, 2.24) is 5.06 Å². The van der Waals surface area contributed by atoms with Gasteiger partial charge in [0.15, 0.2) is 0 Å². The van der Waals surface area contributed by atoms with Gasteiger partial charge in [0.1, 0.15) is 5.50 Å². The number of halogens is 1. The van der Waals surface area contributed by atoms with Crippen LogP contribution in [0.25, 0.3) is 0 Å². The van der Waals surface area contributed by atoms with Crippen LogP contribution in [0.2, 0.25) is 0 Å². The zero-order valence-electron chi connectivity index (χ0n) is 12.5. The Kier molecular flexibility index (Phi) is 7.63. The summed E-state index contributed by atoms with van der Waals surface area (Å²) in [6, 6.07) is 9.65. The second-order valence-corrected chi connectivity index (χ2v) is 5.43.